The maximum absolute atomic E-state index is 6.80. The summed E-state index contributed by atoms with van der Waals surface area (Å²) in [6.07, 6.45) is 6.50. The molecular weight excluding hydrogens is 877 g/mol. The normalized spacial score (nSPS) is 16.8. The maximum atomic E-state index is 6.80. The minimum absolute atomic E-state index is 0.533. The molecule has 4 heteroatoms. The Balaban J connectivity index is 1.01. The Morgan fingerprint density at radius 2 is 0.972 bits per heavy atom. The molecule has 72 heavy (non-hydrogen) atoms. The van der Waals surface area contributed by atoms with E-state index in [1.807, 2.05) is 0 Å². The Morgan fingerprint density at radius 3 is 1.75 bits per heavy atom. The van der Waals surface area contributed by atoms with Crippen molar-refractivity contribution in [3.8, 4) is 45.2 Å². The molecule has 10 aromatic carbocycles. The fourth-order valence-electron chi connectivity index (χ4n) is 13.7. The molecule has 2 spiro atoms. The van der Waals surface area contributed by atoms with Gasteiger partial charge in [-0.05, 0) is 112 Å². The van der Waals surface area contributed by atoms with Crippen LogP contribution in [0.5, 0.6) is 17.2 Å². The van der Waals surface area contributed by atoms with Gasteiger partial charge in [-0.1, -0.05) is 176 Å². The number of anilines is 3. The highest BCUT2D eigenvalue weighted by molar-refractivity contribution is 6.11. The van der Waals surface area contributed by atoms with Gasteiger partial charge in [-0.2, -0.15) is 0 Å². The average Bonchev–Trinajstić information content (AvgIpc) is 4.05. The minimum Gasteiger partial charge on any atom is -0.461 e. The molecule has 2 aliphatic heterocycles. The van der Waals surface area contributed by atoms with Crippen LogP contribution >= 0.6 is 0 Å². The first kappa shape index (κ1) is 39.7. The van der Waals surface area contributed by atoms with Crippen molar-refractivity contribution in [1.29, 1.82) is 0 Å². The highest BCUT2D eigenvalue weighted by Crippen LogP contribution is 2.66. The lowest BCUT2D eigenvalue weighted by molar-refractivity contribution is 0.364. The number of rotatable bonds is 4. The Labute approximate surface area is 417 Å². The molecule has 0 amide bonds. The van der Waals surface area contributed by atoms with Gasteiger partial charge in [-0.15, -0.1) is 0 Å². The summed E-state index contributed by atoms with van der Waals surface area (Å²) in [6.45, 7) is 0. The third-order valence-electron chi connectivity index (χ3n) is 16.4. The number of para-hydroxylation sites is 5. The molecular formula is C68H44N2O2. The highest BCUT2D eigenvalue weighted by Gasteiger charge is 2.54. The van der Waals surface area contributed by atoms with E-state index >= 15 is 0 Å². The molecule has 5 aliphatic rings. The molecule has 1 atom stereocenters. The quantitative estimate of drug-likeness (QED) is 0.176. The van der Waals surface area contributed by atoms with Crippen LogP contribution in [0.15, 0.2) is 254 Å². The van der Waals surface area contributed by atoms with Crippen molar-refractivity contribution in [3.63, 3.8) is 0 Å². The summed E-state index contributed by atoms with van der Waals surface area (Å²) in [7, 11) is 0. The molecule has 3 aliphatic carbocycles. The smallest absolute Gasteiger partial charge is 0.132 e. The number of aromatic nitrogens is 1. The first-order chi connectivity index (χ1) is 35.7. The van der Waals surface area contributed by atoms with Crippen LogP contribution in [0.4, 0.5) is 17.1 Å². The zero-order chi connectivity index (χ0) is 47.1. The van der Waals surface area contributed by atoms with Gasteiger partial charge in [-0.3, -0.25) is 0 Å². The summed E-state index contributed by atoms with van der Waals surface area (Å²) >= 11 is 0. The van der Waals surface area contributed by atoms with E-state index in [9.17, 15) is 0 Å². The molecule has 3 heterocycles. The number of fused-ring (bicyclic) bond motifs is 20. The first-order valence-corrected chi connectivity index (χ1v) is 25.1. The molecule has 4 nitrogen and oxygen atoms in total. The predicted octanol–water partition coefficient (Wildman–Crippen LogP) is 17.0. The van der Waals surface area contributed by atoms with Crippen LogP contribution in [0.2, 0.25) is 0 Å². The fourth-order valence-corrected chi connectivity index (χ4v) is 13.7. The lowest BCUT2D eigenvalue weighted by Crippen LogP contribution is -2.35. The largest absolute Gasteiger partial charge is 0.461 e. The maximum Gasteiger partial charge on any atom is 0.132 e. The van der Waals surface area contributed by atoms with Crippen LogP contribution < -0.4 is 14.4 Å². The van der Waals surface area contributed by atoms with Crippen molar-refractivity contribution in [2.75, 3.05) is 4.90 Å². The van der Waals surface area contributed by atoms with Gasteiger partial charge in [0.05, 0.1) is 27.6 Å². The lowest BCUT2D eigenvalue weighted by atomic mass is 9.64. The van der Waals surface area contributed by atoms with E-state index in [-0.39, 0.29) is 0 Å². The van der Waals surface area contributed by atoms with Gasteiger partial charge in [0.25, 0.3) is 0 Å². The van der Waals surface area contributed by atoms with E-state index in [0.29, 0.717) is 0 Å². The van der Waals surface area contributed by atoms with E-state index < -0.39 is 10.8 Å². The van der Waals surface area contributed by atoms with Gasteiger partial charge >= 0.3 is 0 Å². The zero-order valence-corrected chi connectivity index (χ0v) is 39.2. The molecule has 0 saturated carbocycles. The Bertz CT molecular complexity index is 4150. The highest BCUT2D eigenvalue weighted by atomic mass is 16.5. The molecule has 0 N–H and O–H groups in total. The second kappa shape index (κ2) is 14.7. The molecule has 0 fully saturated rings. The molecule has 16 rings (SSSR count). The number of allylic oxidation sites excluding steroid dienone is 4. The summed E-state index contributed by atoms with van der Waals surface area (Å²) in [5, 5.41) is 2.44. The van der Waals surface area contributed by atoms with Crippen LogP contribution in [0.25, 0.3) is 49.7 Å². The Kier molecular flexibility index (Phi) is 8.11. The summed E-state index contributed by atoms with van der Waals surface area (Å²) in [5.41, 5.74) is 20.2. The van der Waals surface area contributed by atoms with Crippen molar-refractivity contribution in [1.82, 2.24) is 4.57 Å². The van der Waals surface area contributed by atoms with Crippen LogP contribution in [0.1, 0.15) is 51.8 Å². The number of hydrogen-bond donors (Lipinski definition) is 0. The number of nitrogens with zero attached hydrogens (tertiary/aromatic N) is 2. The van der Waals surface area contributed by atoms with Crippen molar-refractivity contribution in [2.24, 2.45) is 0 Å². The van der Waals surface area contributed by atoms with Crippen molar-refractivity contribution in [3.05, 3.63) is 293 Å². The predicted molar refractivity (Wildman–Crippen MR) is 291 cm³/mol. The molecule has 0 saturated heterocycles. The molecule has 1 unspecified atom stereocenters. The second-order valence-corrected chi connectivity index (χ2v) is 19.7. The molecule has 0 radical (unpaired) electrons. The van der Waals surface area contributed by atoms with Crippen LogP contribution in [0.3, 0.4) is 0 Å². The van der Waals surface area contributed by atoms with Gasteiger partial charge in [0.1, 0.15) is 23.0 Å². The van der Waals surface area contributed by atoms with Crippen LogP contribution in [-0.2, 0) is 10.8 Å². The molecule has 338 valence electrons. The number of benzene rings is 10. The Morgan fingerprint density at radius 1 is 0.403 bits per heavy atom. The van der Waals surface area contributed by atoms with E-state index in [1.54, 1.807) is 0 Å². The van der Waals surface area contributed by atoms with Gasteiger partial charge < -0.3 is 18.9 Å². The van der Waals surface area contributed by atoms with Gasteiger partial charge in [0.15, 0.2) is 0 Å². The third kappa shape index (κ3) is 5.05. The third-order valence-corrected chi connectivity index (χ3v) is 16.4. The van der Waals surface area contributed by atoms with Gasteiger partial charge in [0, 0.05) is 62.1 Å². The second-order valence-electron chi connectivity index (χ2n) is 19.7. The summed E-state index contributed by atoms with van der Waals surface area (Å²) < 4.78 is 16.0. The van der Waals surface area contributed by atoms with E-state index in [0.717, 1.165) is 75.2 Å². The SMILES string of the molecule is C1=CC2=C(CC1)Oc1ccccc1C21c2ccccc2-c2cc(N(c3ccc4c5ccccc5n(-c5ccccc5)c4c3)c3cccc4c3-c3ccccc3C43c4ccccc4Oc4ccccc43)ccc21. The molecule has 11 aromatic rings. The van der Waals surface area contributed by atoms with Crippen molar-refractivity contribution < 1.29 is 9.47 Å². The van der Waals surface area contributed by atoms with Crippen molar-refractivity contribution in [2.45, 2.75) is 23.7 Å². The lowest BCUT2D eigenvalue weighted by Gasteiger charge is -2.41. The monoisotopic (exact) mass is 920 g/mol. The van der Waals surface area contributed by atoms with Crippen molar-refractivity contribution >= 4 is 38.9 Å². The topological polar surface area (TPSA) is 26.6 Å². The molecule has 1 aromatic heterocycles. The number of ether oxygens (including phenoxy) is 2. The minimum atomic E-state index is -0.624. The summed E-state index contributed by atoms with van der Waals surface area (Å²) in [4.78, 5) is 2.54. The fraction of sp³-hybridized carbons (Fsp3) is 0.0588. The Hall–Kier alpha value is -9.12. The average molecular weight is 921 g/mol. The summed E-state index contributed by atoms with van der Waals surface area (Å²) in [6, 6.07) is 85.0. The van der Waals surface area contributed by atoms with E-state index in [2.05, 4.69) is 252 Å². The van der Waals surface area contributed by atoms with E-state index in [4.69, 9.17) is 9.47 Å². The summed E-state index contributed by atoms with van der Waals surface area (Å²) in [5.74, 6) is 3.76. The number of hydrogen-bond acceptors (Lipinski definition) is 3. The van der Waals surface area contributed by atoms with E-state index in [1.165, 1.54) is 71.9 Å². The first-order valence-electron chi connectivity index (χ1n) is 25.1. The van der Waals surface area contributed by atoms with Crippen LogP contribution in [0, 0.1) is 0 Å². The standard InChI is InChI=1S/C68H44N2O2/c1-2-19-43(20-3-1)70-59-31-13-6-22-47(59)48-39-37-45(42-61(48)70)69(44-38-40-53-50(41-44)46-21-4-7-24-51(46)67(53)54-26-9-14-33-62(54)71-63-34-15-10-27-55(63)67)60-32-18-30-58-66(60)49-23-5-8-25-52(49)68(58)56-28-11-16-35-64(56)72-65-36-17-12-29-57(65)68/h1-14,16-33,35-42H,15,34H2. The zero-order valence-electron chi connectivity index (χ0n) is 39.2. The molecule has 0 bridgehead atoms. The van der Waals surface area contributed by atoms with Gasteiger partial charge in [-0.25, -0.2) is 0 Å². The van der Waals surface area contributed by atoms with Gasteiger partial charge in [0.2, 0.25) is 0 Å². The van der Waals surface area contributed by atoms with Crippen LogP contribution in [-0.4, -0.2) is 4.57 Å².